The molecule has 5 aromatic rings. The minimum atomic E-state index is -5.34. The molecule has 0 spiro atoms. The van der Waals surface area contributed by atoms with Crippen LogP contribution in [0.25, 0.3) is 21.5 Å². The third kappa shape index (κ3) is 11.4. The lowest BCUT2D eigenvalue weighted by Gasteiger charge is -2.17. The molecule has 70 heavy (non-hydrogen) atoms. The number of aromatic hydroxyl groups is 4. The van der Waals surface area contributed by atoms with E-state index in [0.29, 0.717) is 42.5 Å². The van der Waals surface area contributed by atoms with Crippen molar-refractivity contribution < 1.29 is 105 Å². The average molecular weight is 1080 g/mol. The average Bonchev–Trinajstić information content (AvgIpc) is 3.24. The quantitative estimate of drug-likeness (QED) is 0.0458. The number of aliphatic hydroxyl groups is 2. The Morgan fingerprint density at radius 2 is 0.943 bits per heavy atom. The highest BCUT2D eigenvalue weighted by molar-refractivity contribution is 7.90. The van der Waals surface area contributed by atoms with Crippen LogP contribution in [0.3, 0.4) is 0 Å². The van der Waals surface area contributed by atoms with Gasteiger partial charge in [-0.2, -0.15) is 57.4 Å². The molecular formula is C36H32N6O23S5. The number of fused-ring (bicyclic) bond motifs is 2. The second-order valence-electron chi connectivity index (χ2n) is 14.1. The van der Waals surface area contributed by atoms with Crippen molar-refractivity contribution in [2.24, 2.45) is 30.7 Å². The van der Waals surface area contributed by atoms with Crippen molar-refractivity contribution in [1.82, 2.24) is 0 Å². The van der Waals surface area contributed by atoms with Crippen LogP contribution in [-0.4, -0.2) is 128 Å². The highest BCUT2D eigenvalue weighted by atomic mass is 32.2. The summed E-state index contributed by atoms with van der Waals surface area (Å²) in [5.41, 5.74) is -3.28. The maximum absolute atomic E-state index is 12.6. The summed E-state index contributed by atoms with van der Waals surface area (Å²) in [5, 5.41) is 82.5. The molecule has 0 amide bonds. The van der Waals surface area contributed by atoms with Crippen molar-refractivity contribution in [3.63, 3.8) is 0 Å². The molecule has 0 aliphatic heterocycles. The first-order valence-electron chi connectivity index (χ1n) is 18.7. The van der Waals surface area contributed by atoms with Gasteiger partial charge in [-0.25, -0.2) is 0 Å². The third-order valence-corrected chi connectivity index (χ3v) is 13.8. The molecule has 0 bridgehead atoms. The number of azo groups is 3. The Balaban J connectivity index is 1.40. The molecular weight excluding hydrogens is 1040 g/mol. The van der Waals surface area contributed by atoms with Crippen LogP contribution in [0.15, 0.2) is 122 Å². The lowest BCUT2D eigenvalue weighted by atomic mass is 10.1. The highest BCUT2D eigenvalue weighted by Crippen LogP contribution is 2.48. The Labute approximate surface area is 393 Å². The molecule has 1 unspecified atom stereocenters. The predicted molar refractivity (Wildman–Crippen MR) is 235 cm³/mol. The van der Waals surface area contributed by atoms with Gasteiger partial charge in [0.2, 0.25) is 0 Å². The van der Waals surface area contributed by atoms with Crippen molar-refractivity contribution in [2.75, 3.05) is 26.4 Å². The minimum Gasteiger partial charge on any atom is -0.507 e. The number of aliphatic hydroxyl groups excluding tert-OH is 2. The van der Waals surface area contributed by atoms with Gasteiger partial charge < -0.3 is 40.1 Å². The topological polar surface area (TPSA) is 486 Å². The van der Waals surface area contributed by atoms with E-state index in [4.69, 9.17) is 9.47 Å². The molecule has 0 aromatic heterocycles. The van der Waals surface area contributed by atoms with Crippen LogP contribution in [0.4, 0.5) is 22.7 Å². The molecule has 11 N–H and O–H groups in total. The van der Waals surface area contributed by atoms with Crippen LogP contribution in [0.1, 0.15) is 6.42 Å². The van der Waals surface area contributed by atoms with Gasteiger partial charge in [0.05, 0.1) is 39.5 Å². The van der Waals surface area contributed by atoms with Crippen LogP contribution >= 0.6 is 0 Å². The zero-order valence-electron chi connectivity index (χ0n) is 34.4. The van der Waals surface area contributed by atoms with Crippen molar-refractivity contribution in [2.45, 2.75) is 32.0 Å². The van der Waals surface area contributed by atoms with E-state index in [0.717, 1.165) is 18.2 Å². The first-order chi connectivity index (χ1) is 32.4. The molecule has 29 nitrogen and oxygen atoms in total. The van der Waals surface area contributed by atoms with Gasteiger partial charge >= 0.3 is 0 Å². The van der Waals surface area contributed by atoms with Gasteiger partial charge in [0.15, 0.2) is 11.5 Å². The number of hydrogen-bond donors (Lipinski definition) is 11. The number of benzene rings is 5. The van der Waals surface area contributed by atoms with Gasteiger partial charge in [0.25, 0.3) is 50.6 Å². The second kappa shape index (κ2) is 19.5. The smallest absolute Gasteiger partial charge is 0.296 e. The standard InChI is InChI=1S/C36H32N6O23S5/c43-3-5-64-26-15-23(40-42-34-30(70(61,62)63)10-17-8-20(67(52,53)54)13-25(46)32(17)36(34)48)27(65-6-4-44)14-22(26)39-38-21-2-1-18(11-28(21)68(55,56)57)37-41-33-29(69(58,59)60)9-16-7-19(66(49,50)51)12-24(45)31(16)35(33)47/h1,7-15,21,43-48H,2-6H2,(H,49,50,51)(H,52,53,54)(H,55,56,57)(H,58,59,60)(H,61,62,63)/b39-38+,41-37+,42-40+. The van der Waals surface area contributed by atoms with Gasteiger partial charge in [-0.05, 0) is 47.5 Å². The Hall–Kier alpha value is -6.83. The van der Waals surface area contributed by atoms with Crippen molar-refractivity contribution in [1.29, 1.82) is 0 Å². The number of phenolic OH excluding ortho intramolecular Hbond substituents is 4. The van der Waals surface area contributed by atoms with Crippen LogP contribution in [0.5, 0.6) is 34.5 Å². The van der Waals surface area contributed by atoms with Gasteiger partial charge in [-0.1, -0.05) is 6.08 Å². The fourth-order valence-corrected chi connectivity index (χ4v) is 9.56. The minimum absolute atomic E-state index is 0.340. The van der Waals surface area contributed by atoms with E-state index >= 15 is 0 Å². The first-order valence-corrected chi connectivity index (χ1v) is 25.9. The number of ether oxygens (including phenoxy) is 2. The summed E-state index contributed by atoms with van der Waals surface area (Å²) in [5.74, 6) is -5.07. The molecule has 0 radical (unpaired) electrons. The van der Waals surface area contributed by atoms with Gasteiger partial charge in [0.1, 0.15) is 79.7 Å². The highest BCUT2D eigenvalue weighted by Gasteiger charge is 2.30. The normalized spacial score (nSPS) is 15.3. The first kappa shape index (κ1) is 52.5. The summed E-state index contributed by atoms with van der Waals surface area (Å²) in [6, 6.07) is 3.88. The van der Waals surface area contributed by atoms with E-state index in [2.05, 4.69) is 30.7 Å². The fraction of sp³-hybridized carbons (Fsp3) is 0.167. The molecule has 374 valence electrons. The lowest BCUT2D eigenvalue weighted by molar-refractivity contribution is 0.198. The predicted octanol–water partition coefficient (Wildman–Crippen LogP) is 4.26. The number of nitrogens with zero attached hydrogens (tertiary/aromatic N) is 6. The largest absolute Gasteiger partial charge is 0.507 e. The van der Waals surface area contributed by atoms with Gasteiger partial charge in [-0.15, -0.1) is 15.3 Å². The molecule has 0 saturated heterocycles. The summed E-state index contributed by atoms with van der Waals surface area (Å²) in [4.78, 5) is -5.14. The zero-order chi connectivity index (χ0) is 51.9. The van der Waals surface area contributed by atoms with Crippen LogP contribution in [-0.2, 0) is 50.6 Å². The van der Waals surface area contributed by atoms with Gasteiger partial charge in [0, 0.05) is 24.3 Å². The molecule has 1 atom stereocenters. The number of rotatable bonds is 17. The SMILES string of the molecule is O=S(=O)(O)C1=CC(/N=N/c2c(S(=O)(=O)O)cc3cc(S(=O)(=O)O)cc(O)c3c2O)=CCC1/N=N/c1cc(OCCO)c(/N=N/c2c(S(=O)(=O)O)cc3cc(S(=O)(=O)O)cc(O)c3c2O)cc1OCCO. The molecule has 1 aliphatic rings. The lowest BCUT2D eigenvalue weighted by Crippen LogP contribution is -2.18. The molecule has 0 saturated carbocycles. The maximum atomic E-state index is 12.6. The molecule has 6 rings (SSSR count). The molecule has 0 fully saturated rings. The fourth-order valence-electron chi connectivity index (χ4n) is 6.41. The molecule has 5 aromatic carbocycles. The zero-order valence-corrected chi connectivity index (χ0v) is 38.5. The summed E-state index contributed by atoms with van der Waals surface area (Å²) >= 11 is 0. The molecule has 0 heterocycles. The van der Waals surface area contributed by atoms with Crippen LogP contribution < -0.4 is 9.47 Å². The van der Waals surface area contributed by atoms with E-state index in [9.17, 15) is 95.5 Å². The summed E-state index contributed by atoms with van der Waals surface area (Å²) < 4.78 is 182. The van der Waals surface area contributed by atoms with Gasteiger partial charge in [-0.3, -0.25) is 22.8 Å². The number of phenols is 4. The Morgan fingerprint density at radius 3 is 1.34 bits per heavy atom. The summed E-state index contributed by atoms with van der Waals surface area (Å²) in [7, 11) is -25.8. The van der Waals surface area contributed by atoms with Crippen LogP contribution in [0, 0.1) is 0 Å². The third-order valence-electron chi connectivity index (χ3n) is 9.39. The second-order valence-corrected chi connectivity index (χ2v) is 21.1. The number of allylic oxidation sites excluding steroid dienone is 1. The van der Waals surface area contributed by atoms with E-state index < -0.39 is 181 Å². The molecule has 34 heteroatoms. The monoisotopic (exact) mass is 1080 g/mol. The van der Waals surface area contributed by atoms with E-state index in [1.165, 1.54) is 0 Å². The van der Waals surface area contributed by atoms with Crippen molar-refractivity contribution in [3.05, 3.63) is 71.3 Å². The van der Waals surface area contributed by atoms with Crippen molar-refractivity contribution >= 4 is 94.9 Å². The number of hydrogen-bond acceptors (Lipinski definition) is 24. The maximum Gasteiger partial charge on any atom is 0.296 e. The van der Waals surface area contributed by atoms with E-state index in [1.54, 1.807) is 0 Å². The molecule has 1 aliphatic carbocycles. The Bertz CT molecular complexity index is 3750. The Kier molecular flexibility index (Phi) is 14.7. The summed E-state index contributed by atoms with van der Waals surface area (Å²) in [6.07, 6.45) is 1.33. The van der Waals surface area contributed by atoms with E-state index in [-0.39, 0.29) is 17.2 Å². The van der Waals surface area contributed by atoms with Crippen molar-refractivity contribution in [3.8, 4) is 34.5 Å². The summed E-state index contributed by atoms with van der Waals surface area (Å²) in [6.45, 7) is -2.20. The Morgan fingerprint density at radius 1 is 0.514 bits per heavy atom. The van der Waals surface area contributed by atoms with Crippen LogP contribution in [0.2, 0.25) is 0 Å². The van der Waals surface area contributed by atoms with E-state index in [1.807, 2.05) is 0 Å².